The molecule has 0 spiro atoms. The van der Waals surface area contributed by atoms with Gasteiger partial charge in [0, 0.05) is 51.0 Å². The largest absolute Gasteiger partial charge is 0.335 e. The van der Waals surface area contributed by atoms with Gasteiger partial charge in [-0.3, -0.25) is 19.5 Å². The molecule has 3 rings (SSSR count). The van der Waals surface area contributed by atoms with E-state index < -0.39 is 0 Å². The summed E-state index contributed by atoms with van der Waals surface area (Å²) < 4.78 is 2.85. The summed E-state index contributed by atoms with van der Waals surface area (Å²) in [5, 5.41) is 11.2. The minimum Gasteiger partial charge on any atom is -0.335 e. The Morgan fingerprint density at radius 1 is 1.35 bits per heavy atom. The number of piperazine rings is 1. The Morgan fingerprint density at radius 2 is 2.09 bits per heavy atom. The van der Waals surface area contributed by atoms with Gasteiger partial charge in [0.1, 0.15) is 5.69 Å². The van der Waals surface area contributed by atoms with Gasteiger partial charge in [-0.25, -0.2) is 0 Å². The summed E-state index contributed by atoms with van der Waals surface area (Å²) >= 11 is 2.13. The number of H-pyrrole nitrogens is 1. The van der Waals surface area contributed by atoms with Crippen LogP contribution in [0.4, 0.5) is 0 Å². The molecule has 1 fully saturated rings. The summed E-state index contributed by atoms with van der Waals surface area (Å²) in [6, 6.07) is 0. The first-order chi connectivity index (χ1) is 11.1. The zero-order chi connectivity index (χ0) is 16.4. The summed E-state index contributed by atoms with van der Waals surface area (Å²) in [4.78, 5) is 16.7. The smallest absolute Gasteiger partial charge is 0.273 e. The lowest BCUT2D eigenvalue weighted by Gasteiger charge is -2.34. The SMILES string of the molecule is CCn1cc(CN2CCN(C(=O)c3[nH]ncc3I)CC2)c(C)n1. The molecule has 0 saturated carbocycles. The van der Waals surface area contributed by atoms with Crippen molar-refractivity contribution in [2.75, 3.05) is 26.2 Å². The molecule has 0 aromatic carbocycles. The number of amides is 1. The average Bonchev–Trinajstić information content (AvgIpc) is 3.13. The van der Waals surface area contributed by atoms with Crippen LogP contribution in [0, 0.1) is 10.5 Å². The number of carbonyl (C=O) groups excluding carboxylic acids is 1. The Morgan fingerprint density at radius 3 is 2.65 bits per heavy atom. The van der Waals surface area contributed by atoms with Crippen LogP contribution in [0.2, 0.25) is 0 Å². The first kappa shape index (κ1) is 16.4. The minimum atomic E-state index is 0.0431. The Labute approximate surface area is 149 Å². The molecule has 0 aliphatic carbocycles. The zero-order valence-corrected chi connectivity index (χ0v) is 15.6. The third kappa shape index (κ3) is 3.57. The van der Waals surface area contributed by atoms with Crippen molar-refractivity contribution < 1.29 is 4.79 Å². The quantitative estimate of drug-likeness (QED) is 0.750. The van der Waals surface area contributed by atoms with Gasteiger partial charge < -0.3 is 4.90 Å². The number of nitrogens with zero attached hydrogens (tertiary/aromatic N) is 5. The van der Waals surface area contributed by atoms with Crippen LogP contribution in [0.15, 0.2) is 12.4 Å². The van der Waals surface area contributed by atoms with E-state index in [1.807, 2.05) is 9.58 Å². The number of aromatic amines is 1. The fraction of sp³-hybridized carbons (Fsp3) is 0.533. The summed E-state index contributed by atoms with van der Waals surface area (Å²) in [7, 11) is 0. The third-order valence-electron chi connectivity index (χ3n) is 4.23. The summed E-state index contributed by atoms with van der Waals surface area (Å²) in [5.41, 5.74) is 2.96. The number of nitrogens with one attached hydrogen (secondary N) is 1. The fourth-order valence-corrected chi connectivity index (χ4v) is 3.30. The van der Waals surface area contributed by atoms with E-state index in [1.54, 1.807) is 6.20 Å². The third-order valence-corrected chi connectivity index (χ3v) is 5.05. The van der Waals surface area contributed by atoms with Crippen molar-refractivity contribution in [1.82, 2.24) is 29.8 Å². The van der Waals surface area contributed by atoms with Crippen LogP contribution in [0.25, 0.3) is 0 Å². The molecular weight excluding hydrogens is 407 g/mol. The van der Waals surface area contributed by atoms with Gasteiger partial charge >= 0.3 is 0 Å². The second-order valence-electron chi connectivity index (χ2n) is 5.76. The van der Waals surface area contributed by atoms with Crippen molar-refractivity contribution >= 4 is 28.5 Å². The maximum atomic E-state index is 12.5. The van der Waals surface area contributed by atoms with Gasteiger partial charge in [0.05, 0.1) is 15.5 Å². The van der Waals surface area contributed by atoms with Crippen LogP contribution in [-0.2, 0) is 13.1 Å². The monoisotopic (exact) mass is 428 g/mol. The van der Waals surface area contributed by atoms with Crippen LogP contribution in [-0.4, -0.2) is 61.9 Å². The predicted molar refractivity (Wildman–Crippen MR) is 95.1 cm³/mol. The lowest BCUT2D eigenvalue weighted by molar-refractivity contribution is 0.0621. The first-order valence-electron chi connectivity index (χ1n) is 7.82. The highest BCUT2D eigenvalue weighted by molar-refractivity contribution is 14.1. The molecule has 0 bridgehead atoms. The molecular formula is C15H21IN6O. The van der Waals surface area contributed by atoms with E-state index in [-0.39, 0.29) is 5.91 Å². The number of hydrogen-bond acceptors (Lipinski definition) is 4. The molecule has 0 unspecified atom stereocenters. The maximum Gasteiger partial charge on any atom is 0.273 e. The lowest BCUT2D eigenvalue weighted by atomic mass is 10.2. The van der Waals surface area contributed by atoms with Crippen molar-refractivity contribution in [1.29, 1.82) is 0 Å². The van der Waals surface area contributed by atoms with Crippen LogP contribution in [0.3, 0.4) is 0 Å². The predicted octanol–water partition coefficient (Wildman–Crippen LogP) is 1.50. The molecule has 1 aliphatic heterocycles. The fourth-order valence-electron chi connectivity index (χ4n) is 2.81. The highest BCUT2D eigenvalue weighted by atomic mass is 127. The Hall–Kier alpha value is -1.42. The maximum absolute atomic E-state index is 12.5. The molecule has 0 radical (unpaired) electrons. The number of aryl methyl sites for hydroxylation is 2. The molecule has 23 heavy (non-hydrogen) atoms. The molecule has 3 heterocycles. The van der Waals surface area contributed by atoms with Gasteiger partial charge in [0.2, 0.25) is 0 Å². The van der Waals surface area contributed by atoms with E-state index in [0.717, 1.165) is 48.5 Å². The van der Waals surface area contributed by atoms with Crippen LogP contribution < -0.4 is 0 Å². The first-order valence-corrected chi connectivity index (χ1v) is 8.89. The molecule has 2 aromatic heterocycles. The van der Waals surface area contributed by atoms with Crippen LogP contribution in [0.5, 0.6) is 0 Å². The molecule has 1 N–H and O–H groups in total. The standard InChI is InChI=1S/C15H21IN6O/c1-3-22-10-12(11(2)19-22)9-20-4-6-21(7-5-20)15(23)14-13(16)8-17-18-14/h8,10H,3-7,9H2,1-2H3,(H,17,18). The van der Waals surface area contributed by atoms with Crippen LogP contribution >= 0.6 is 22.6 Å². The number of halogens is 1. The van der Waals surface area contributed by atoms with Crippen molar-refractivity contribution in [3.8, 4) is 0 Å². The van der Waals surface area contributed by atoms with Crippen LogP contribution in [0.1, 0.15) is 28.7 Å². The number of aromatic nitrogens is 4. The van der Waals surface area contributed by atoms with Gasteiger partial charge in [0.15, 0.2) is 0 Å². The van der Waals surface area contributed by atoms with E-state index in [2.05, 4.69) is 62.8 Å². The molecule has 2 aromatic rings. The molecule has 1 amide bonds. The van der Waals surface area contributed by atoms with Crippen molar-refractivity contribution in [3.05, 3.63) is 32.9 Å². The average molecular weight is 428 g/mol. The van der Waals surface area contributed by atoms with Gasteiger partial charge in [-0.1, -0.05) is 0 Å². The molecule has 0 atom stereocenters. The second kappa shape index (κ2) is 7.00. The van der Waals surface area contributed by atoms with E-state index >= 15 is 0 Å². The van der Waals surface area contributed by atoms with Crippen molar-refractivity contribution in [3.63, 3.8) is 0 Å². The van der Waals surface area contributed by atoms with E-state index in [0.29, 0.717) is 5.69 Å². The Bertz CT molecular complexity index is 686. The van der Waals surface area contributed by atoms with Gasteiger partial charge in [-0.15, -0.1) is 0 Å². The summed E-state index contributed by atoms with van der Waals surface area (Å²) in [5.74, 6) is 0.0431. The van der Waals surface area contributed by atoms with E-state index in [9.17, 15) is 4.79 Å². The highest BCUT2D eigenvalue weighted by Crippen LogP contribution is 2.15. The van der Waals surface area contributed by atoms with E-state index in [4.69, 9.17) is 0 Å². The van der Waals surface area contributed by atoms with Crippen molar-refractivity contribution in [2.24, 2.45) is 0 Å². The number of hydrogen-bond donors (Lipinski definition) is 1. The molecule has 8 heteroatoms. The zero-order valence-electron chi connectivity index (χ0n) is 13.4. The normalized spacial score (nSPS) is 16.0. The molecule has 124 valence electrons. The molecule has 7 nitrogen and oxygen atoms in total. The number of carbonyl (C=O) groups is 1. The minimum absolute atomic E-state index is 0.0431. The van der Waals surface area contributed by atoms with Gasteiger partial charge in [0.25, 0.3) is 5.91 Å². The number of rotatable bonds is 4. The van der Waals surface area contributed by atoms with Gasteiger partial charge in [-0.2, -0.15) is 10.2 Å². The molecule has 1 saturated heterocycles. The molecule has 1 aliphatic rings. The summed E-state index contributed by atoms with van der Waals surface area (Å²) in [6.07, 6.45) is 3.80. The summed E-state index contributed by atoms with van der Waals surface area (Å²) in [6.45, 7) is 9.20. The topological polar surface area (TPSA) is 70.0 Å². The van der Waals surface area contributed by atoms with E-state index in [1.165, 1.54) is 5.56 Å². The van der Waals surface area contributed by atoms with Gasteiger partial charge in [-0.05, 0) is 36.4 Å². The lowest BCUT2D eigenvalue weighted by Crippen LogP contribution is -2.48. The van der Waals surface area contributed by atoms with Crippen molar-refractivity contribution in [2.45, 2.75) is 26.9 Å². The highest BCUT2D eigenvalue weighted by Gasteiger charge is 2.25. The Balaban J connectivity index is 1.57. The second-order valence-corrected chi connectivity index (χ2v) is 6.92. The Kier molecular flexibility index (Phi) is 5.00.